The van der Waals surface area contributed by atoms with E-state index in [2.05, 4.69) is 39.1 Å². The lowest BCUT2D eigenvalue weighted by Gasteiger charge is -2.26. The second-order valence-corrected chi connectivity index (χ2v) is 7.64. The summed E-state index contributed by atoms with van der Waals surface area (Å²) in [6, 6.07) is 16.5. The summed E-state index contributed by atoms with van der Waals surface area (Å²) in [4.78, 5) is 11.1. The van der Waals surface area contributed by atoms with E-state index in [4.69, 9.17) is 10.8 Å². The van der Waals surface area contributed by atoms with E-state index in [-0.39, 0.29) is 0 Å². The van der Waals surface area contributed by atoms with Gasteiger partial charge in [0.15, 0.2) is 5.65 Å². The first-order chi connectivity index (χ1) is 14.3. The largest absolute Gasteiger partial charge is 0.384 e. The molecule has 0 atom stereocenters. The van der Waals surface area contributed by atoms with Crippen molar-refractivity contribution < 1.29 is 0 Å². The lowest BCUT2D eigenvalue weighted by molar-refractivity contribution is 0.221. The Morgan fingerprint density at radius 1 is 0.862 bits per heavy atom. The summed E-state index contributed by atoms with van der Waals surface area (Å²) >= 11 is 0. The van der Waals surface area contributed by atoms with Gasteiger partial charge in [0.05, 0.1) is 17.6 Å². The fourth-order valence-corrected chi connectivity index (χ4v) is 3.99. The Balaban J connectivity index is 1.44. The van der Waals surface area contributed by atoms with Crippen LogP contribution in [0.5, 0.6) is 0 Å². The number of fused-ring (bicyclic) bond motifs is 1. The third-order valence-electron chi connectivity index (χ3n) is 5.54. The van der Waals surface area contributed by atoms with Gasteiger partial charge >= 0.3 is 0 Å². The molecule has 1 aliphatic rings. The molecule has 146 valence electrons. The fourth-order valence-electron chi connectivity index (χ4n) is 3.99. The van der Waals surface area contributed by atoms with Crippen LogP contribution in [-0.4, -0.2) is 37.6 Å². The van der Waals surface area contributed by atoms with E-state index in [0.717, 1.165) is 34.7 Å². The van der Waals surface area contributed by atoms with Gasteiger partial charge in [0.25, 0.3) is 0 Å². The molecule has 0 aliphatic carbocycles. The van der Waals surface area contributed by atoms with Crippen molar-refractivity contribution >= 4 is 11.5 Å². The van der Waals surface area contributed by atoms with E-state index in [9.17, 15) is 0 Å². The van der Waals surface area contributed by atoms with Crippen LogP contribution in [0.25, 0.3) is 28.2 Å². The number of nitrogens with two attached hydrogens (primary N) is 1. The van der Waals surface area contributed by atoms with Crippen molar-refractivity contribution in [1.29, 1.82) is 0 Å². The zero-order valence-corrected chi connectivity index (χ0v) is 16.3. The molecule has 0 spiro atoms. The molecular formula is C23H24N6. The molecule has 6 nitrogen and oxygen atoms in total. The number of hydrogen-bond acceptors (Lipinski definition) is 5. The quantitative estimate of drug-likeness (QED) is 0.575. The third-order valence-corrected chi connectivity index (χ3v) is 5.54. The van der Waals surface area contributed by atoms with Gasteiger partial charge in [-0.05, 0) is 55.8 Å². The molecule has 4 heterocycles. The molecule has 0 saturated carbocycles. The van der Waals surface area contributed by atoms with E-state index in [1.54, 1.807) is 6.20 Å². The molecule has 0 bridgehead atoms. The number of piperidine rings is 1. The number of rotatable bonds is 4. The normalized spacial score (nSPS) is 15.0. The molecular weight excluding hydrogens is 360 g/mol. The summed E-state index contributed by atoms with van der Waals surface area (Å²) < 4.78 is 1.89. The topological polar surface area (TPSA) is 72.3 Å². The molecule has 6 heteroatoms. The number of pyridine rings is 1. The molecule has 1 aromatic carbocycles. The van der Waals surface area contributed by atoms with Crippen molar-refractivity contribution in [2.24, 2.45) is 0 Å². The highest BCUT2D eigenvalue weighted by molar-refractivity contribution is 5.67. The minimum absolute atomic E-state index is 0.486. The number of benzene rings is 1. The van der Waals surface area contributed by atoms with E-state index in [0.29, 0.717) is 5.82 Å². The molecule has 1 saturated heterocycles. The highest BCUT2D eigenvalue weighted by atomic mass is 15.3. The van der Waals surface area contributed by atoms with Gasteiger partial charge in [0.2, 0.25) is 0 Å². The third kappa shape index (κ3) is 3.71. The molecule has 4 aromatic rings. The molecule has 2 N–H and O–H groups in total. The number of nitrogens with zero attached hydrogens (tertiary/aromatic N) is 5. The van der Waals surface area contributed by atoms with Gasteiger partial charge in [-0.15, -0.1) is 0 Å². The maximum absolute atomic E-state index is 5.83. The molecule has 3 aromatic heterocycles. The number of imidazole rings is 1. The first-order valence-electron chi connectivity index (χ1n) is 10.1. The Morgan fingerprint density at radius 2 is 1.69 bits per heavy atom. The minimum Gasteiger partial charge on any atom is -0.384 e. The number of nitrogen functional groups attached to an aromatic ring is 1. The van der Waals surface area contributed by atoms with Crippen LogP contribution in [0.3, 0.4) is 0 Å². The van der Waals surface area contributed by atoms with Crippen LogP contribution in [0.1, 0.15) is 24.8 Å². The molecule has 29 heavy (non-hydrogen) atoms. The summed E-state index contributed by atoms with van der Waals surface area (Å²) in [6.07, 6.45) is 7.58. The Hall–Kier alpha value is -3.25. The van der Waals surface area contributed by atoms with Crippen molar-refractivity contribution in [2.45, 2.75) is 25.8 Å². The number of likely N-dealkylation sites (tertiary alicyclic amines) is 1. The predicted molar refractivity (Wildman–Crippen MR) is 115 cm³/mol. The maximum Gasteiger partial charge on any atom is 0.154 e. The average molecular weight is 384 g/mol. The molecule has 0 radical (unpaired) electrons. The van der Waals surface area contributed by atoms with E-state index in [1.165, 1.54) is 37.9 Å². The van der Waals surface area contributed by atoms with Gasteiger partial charge in [-0.1, -0.05) is 30.7 Å². The Labute approximate surface area is 170 Å². The number of aromatic nitrogens is 4. The van der Waals surface area contributed by atoms with Crippen molar-refractivity contribution in [3.8, 4) is 22.5 Å². The lowest BCUT2D eigenvalue weighted by Crippen LogP contribution is -2.28. The number of hydrogen-bond donors (Lipinski definition) is 1. The zero-order chi connectivity index (χ0) is 19.6. The highest BCUT2D eigenvalue weighted by Crippen LogP contribution is 2.24. The van der Waals surface area contributed by atoms with Crippen molar-refractivity contribution in [3.63, 3.8) is 0 Å². The van der Waals surface area contributed by atoms with Crippen LogP contribution in [0.15, 0.2) is 60.9 Å². The maximum atomic E-state index is 5.83. The fraction of sp³-hybridized carbons (Fsp3) is 0.261. The van der Waals surface area contributed by atoms with Crippen LogP contribution in [0.2, 0.25) is 0 Å². The minimum atomic E-state index is 0.486. The standard InChI is InChI=1S/C23H24N6/c24-22-14-19(10-11-25-22)20-8-9-23-26-15-21(29(23)27-20)18-6-4-17(5-7-18)16-28-12-2-1-3-13-28/h4-11,14-15H,1-3,12-13,16H2,(H2,24,25). The lowest BCUT2D eigenvalue weighted by atomic mass is 10.1. The Bertz CT molecular complexity index is 1130. The molecule has 0 amide bonds. The first-order valence-corrected chi connectivity index (χ1v) is 10.1. The van der Waals surface area contributed by atoms with Crippen LogP contribution >= 0.6 is 0 Å². The second kappa shape index (κ2) is 7.64. The van der Waals surface area contributed by atoms with Gasteiger partial charge in [-0.25, -0.2) is 14.5 Å². The van der Waals surface area contributed by atoms with Crippen LogP contribution in [-0.2, 0) is 6.54 Å². The van der Waals surface area contributed by atoms with Crippen LogP contribution in [0, 0.1) is 0 Å². The van der Waals surface area contributed by atoms with Gasteiger partial charge in [-0.2, -0.15) is 5.10 Å². The van der Waals surface area contributed by atoms with Crippen LogP contribution in [0.4, 0.5) is 5.82 Å². The van der Waals surface area contributed by atoms with Gasteiger partial charge < -0.3 is 5.73 Å². The SMILES string of the molecule is Nc1cc(-c2ccc3ncc(-c4ccc(CN5CCCCC5)cc4)n3n2)ccn1. The molecule has 1 fully saturated rings. The van der Waals surface area contributed by atoms with E-state index >= 15 is 0 Å². The predicted octanol–water partition coefficient (Wildman–Crippen LogP) is 4.03. The van der Waals surface area contributed by atoms with E-state index in [1.807, 2.05) is 35.0 Å². The molecule has 1 aliphatic heterocycles. The van der Waals surface area contributed by atoms with Gasteiger partial charge in [0.1, 0.15) is 5.82 Å². The highest BCUT2D eigenvalue weighted by Gasteiger charge is 2.12. The van der Waals surface area contributed by atoms with Gasteiger partial charge in [0, 0.05) is 23.9 Å². The van der Waals surface area contributed by atoms with Crippen LogP contribution < -0.4 is 5.73 Å². The zero-order valence-electron chi connectivity index (χ0n) is 16.3. The summed E-state index contributed by atoms with van der Waals surface area (Å²) in [6.45, 7) is 3.45. The van der Waals surface area contributed by atoms with E-state index < -0.39 is 0 Å². The summed E-state index contributed by atoms with van der Waals surface area (Å²) in [5.74, 6) is 0.486. The monoisotopic (exact) mass is 384 g/mol. The Kier molecular flexibility index (Phi) is 4.69. The Morgan fingerprint density at radius 3 is 2.48 bits per heavy atom. The number of anilines is 1. The molecule has 0 unspecified atom stereocenters. The van der Waals surface area contributed by atoms with Crippen molar-refractivity contribution in [3.05, 3.63) is 66.5 Å². The summed E-state index contributed by atoms with van der Waals surface area (Å²) in [5, 5.41) is 4.80. The first kappa shape index (κ1) is 17.8. The second-order valence-electron chi connectivity index (χ2n) is 7.64. The summed E-state index contributed by atoms with van der Waals surface area (Å²) in [7, 11) is 0. The average Bonchev–Trinajstić information content (AvgIpc) is 3.18. The van der Waals surface area contributed by atoms with Crippen molar-refractivity contribution in [1.82, 2.24) is 24.5 Å². The van der Waals surface area contributed by atoms with Crippen molar-refractivity contribution in [2.75, 3.05) is 18.8 Å². The summed E-state index contributed by atoms with van der Waals surface area (Å²) in [5.41, 5.74) is 11.9. The molecule has 5 rings (SSSR count). The van der Waals surface area contributed by atoms with Gasteiger partial charge in [-0.3, -0.25) is 4.90 Å². The smallest absolute Gasteiger partial charge is 0.154 e.